The minimum atomic E-state index is -0.431. The molecule has 1 aliphatic rings. The van der Waals surface area contributed by atoms with Gasteiger partial charge < -0.3 is 5.32 Å². The molecule has 0 fully saturated rings. The van der Waals surface area contributed by atoms with Gasteiger partial charge in [0.2, 0.25) is 5.91 Å². The molecule has 1 heterocycles. The largest absolute Gasteiger partial charge is 0.352 e. The van der Waals surface area contributed by atoms with Crippen molar-refractivity contribution >= 4 is 22.7 Å². The molecule has 1 aromatic carbocycles. The van der Waals surface area contributed by atoms with Gasteiger partial charge in [0.05, 0.1) is 11.1 Å². The van der Waals surface area contributed by atoms with Crippen LogP contribution in [0.5, 0.6) is 0 Å². The molecule has 0 saturated carbocycles. The number of carbonyl (C=O) groups is 2. The van der Waals surface area contributed by atoms with Crippen LogP contribution in [-0.4, -0.2) is 22.9 Å². The minimum absolute atomic E-state index is 0.233. The number of hydrogen-bond donors (Lipinski definition) is 1. The van der Waals surface area contributed by atoms with Crippen LogP contribution in [0.3, 0.4) is 0 Å². The number of nitrogens with one attached hydrogen (secondary N) is 1. The van der Waals surface area contributed by atoms with Crippen molar-refractivity contribution < 1.29 is 14.0 Å². The molecule has 0 aliphatic heterocycles. The summed E-state index contributed by atoms with van der Waals surface area (Å²) >= 11 is 0. The van der Waals surface area contributed by atoms with Gasteiger partial charge in [-0.15, -0.1) is 0 Å². The lowest BCUT2D eigenvalue weighted by Gasteiger charge is -2.12. The fourth-order valence-electron chi connectivity index (χ4n) is 3.21. The highest BCUT2D eigenvalue weighted by Gasteiger charge is 2.17. The lowest BCUT2D eigenvalue weighted by atomic mass is 9.97. The molecule has 1 N–H and O–H groups in total. The predicted molar refractivity (Wildman–Crippen MR) is 91.7 cm³/mol. The molecule has 1 amide bonds. The van der Waals surface area contributed by atoms with Gasteiger partial charge in [0.15, 0.2) is 0 Å². The van der Waals surface area contributed by atoms with E-state index in [1.54, 1.807) is 6.07 Å². The number of benzene rings is 1. The quantitative estimate of drug-likeness (QED) is 0.861. The van der Waals surface area contributed by atoms with Crippen LogP contribution in [0.15, 0.2) is 36.0 Å². The van der Waals surface area contributed by atoms with E-state index in [1.807, 2.05) is 0 Å². The average molecular weight is 328 g/mol. The van der Waals surface area contributed by atoms with E-state index in [0.717, 1.165) is 19.3 Å². The molecule has 0 unspecified atom stereocenters. The Hall–Kier alpha value is -2.43. The van der Waals surface area contributed by atoms with Gasteiger partial charge in [-0.05, 0) is 50.3 Å². The fourth-order valence-corrected chi connectivity index (χ4v) is 3.21. The van der Waals surface area contributed by atoms with Crippen molar-refractivity contribution in [2.75, 3.05) is 6.54 Å². The number of rotatable bonds is 4. The maximum atomic E-state index is 13.5. The van der Waals surface area contributed by atoms with Gasteiger partial charge in [0.25, 0.3) is 5.91 Å². The van der Waals surface area contributed by atoms with Gasteiger partial charge in [-0.3, -0.25) is 14.2 Å². The number of allylic oxidation sites excluding steroid dienone is 1. The van der Waals surface area contributed by atoms with E-state index in [4.69, 9.17) is 0 Å². The molecule has 4 nitrogen and oxygen atoms in total. The lowest BCUT2D eigenvalue weighted by Crippen LogP contribution is -2.24. The smallest absolute Gasteiger partial charge is 0.253 e. The highest BCUT2D eigenvalue weighted by atomic mass is 19.1. The van der Waals surface area contributed by atoms with Crippen LogP contribution in [0.1, 0.15) is 54.2 Å². The van der Waals surface area contributed by atoms with Gasteiger partial charge in [-0.1, -0.05) is 11.6 Å². The molecule has 24 heavy (non-hydrogen) atoms. The van der Waals surface area contributed by atoms with Crippen LogP contribution >= 0.6 is 0 Å². The highest BCUT2D eigenvalue weighted by molar-refractivity contribution is 6.09. The van der Waals surface area contributed by atoms with Crippen molar-refractivity contribution in [1.29, 1.82) is 0 Å². The van der Waals surface area contributed by atoms with Gasteiger partial charge in [-0.25, -0.2) is 4.39 Å². The molecule has 1 aromatic heterocycles. The molecule has 5 heteroatoms. The maximum Gasteiger partial charge on any atom is 0.253 e. The van der Waals surface area contributed by atoms with Crippen molar-refractivity contribution in [2.45, 2.75) is 39.0 Å². The SMILES string of the molecule is CC(=O)n1cc(C(=O)NCCC2=CCCCC2)c2ccc(F)cc21. The zero-order valence-electron chi connectivity index (χ0n) is 13.8. The average Bonchev–Trinajstić information content (AvgIpc) is 2.94. The zero-order chi connectivity index (χ0) is 17.1. The van der Waals surface area contributed by atoms with Crippen molar-refractivity contribution in [3.63, 3.8) is 0 Å². The van der Waals surface area contributed by atoms with E-state index in [9.17, 15) is 14.0 Å². The first-order chi connectivity index (χ1) is 11.6. The molecule has 126 valence electrons. The van der Waals surface area contributed by atoms with Crippen LogP contribution in [0.4, 0.5) is 4.39 Å². The molecule has 0 saturated heterocycles. The second-order valence-electron chi connectivity index (χ2n) is 6.21. The van der Waals surface area contributed by atoms with Crippen molar-refractivity contribution in [1.82, 2.24) is 9.88 Å². The Labute approximate surface area is 140 Å². The Morgan fingerprint density at radius 1 is 1.29 bits per heavy atom. The molecule has 2 aromatic rings. The number of fused-ring (bicyclic) bond motifs is 1. The van der Waals surface area contributed by atoms with Crippen molar-refractivity contribution in [3.05, 3.63) is 47.4 Å². The van der Waals surface area contributed by atoms with Gasteiger partial charge in [0, 0.05) is 25.1 Å². The summed E-state index contributed by atoms with van der Waals surface area (Å²) in [5.41, 5.74) is 2.22. The van der Waals surface area contributed by atoms with Crippen LogP contribution in [0, 0.1) is 5.82 Å². The topological polar surface area (TPSA) is 51.1 Å². The van der Waals surface area contributed by atoms with Gasteiger partial charge >= 0.3 is 0 Å². The third-order valence-electron chi connectivity index (χ3n) is 4.47. The Kier molecular flexibility index (Phi) is 4.79. The molecular formula is C19H21FN2O2. The van der Waals surface area contributed by atoms with Crippen molar-refractivity contribution in [3.8, 4) is 0 Å². The molecule has 0 radical (unpaired) electrons. The molecular weight excluding hydrogens is 307 g/mol. The van der Waals surface area contributed by atoms with E-state index in [0.29, 0.717) is 23.0 Å². The van der Waals surface area contributed by atoms with E-state index in [2.05, 4.69) is 11.4 Å². The summed E-state index contributed by atoms with van der Waals surface area (Å²) in [7, 11) is 0. The molecule has 0 spiro atoms. The lowest BCUT2D eigenvalue weighted by molar-refractivity contribution is 0.0941. The monoisotopic (exact) mass is 328 g/mol. The first kappa shape index (κ1) is 16.4. The number of carbonyl (C=O) groups excluding carboxylic acids is 2. The maximum absolute atomic E-state index is 13.5. The summed E-state index contributed by atoms with van der Waals surface area (Å²) < 4.78 is 14.8. The molecule has 1 aliphatic carbocycles. The number of halogens is 1. The van der Waals surface area contributed by atoms with E-state index >= 15 is 0 Å². The Balaban J connectivity index is 1.77. The zero-order valence-corrected chi connectivity index (χ0v) is 13.8. The molecule has 3 rings (SSSR count). The third-order valence-corrected chi connectivity index (χ3v) is 4.47. The summed E-state index contributed by atoms with van der Waals surface area (Å²) in [4.78, 5) is 24.2. The van der Waals surface area contributed by atoms with E-state index < -0.39 is 5.82 Å². The Morgan fingerprint density at radius 2 is 2.12 bits per heavy atom. The van der Waals surface area contributed by atoms with Crippen LogP contribution in [-0.2, 0) is 0 Å². The summed E-state index contributed by atoms with van der Waals surface area (Å²) in [6.07, 6.45) is 9.31. The number of nitrogens with zero attached hydrogens (tertiary/aromatic N) is 1. The number of aromatic nitrogens is 1. The van der Waals surface area contributed by atoms with Gasteiger partial charge in [0.1, 0.15) is 5.82 Å². The van der Waals surface area contributed by atoms with Crippen molar-refractivity contribution in [2.24, 2.45) is 0 Å². The van der Waals surface area contributed by atoms with Crippen LogP contribution in [0.2, 0.25) is 0 Å². The second-order valence-corrected chi connectivity index (χ2v) is 6.21. The summed E-state index contributed by atoms with van der Waals surface area (Å²) in [6, 6.07) is 4.12. The number of hydrogen-bond acceptors (Lipinski definition) is 2. The first-order valence-electron chi connectivity index (χ1n) is 8.34. The first-order valence-corrected chi connectivity index (χ1v) is 8.34. The number of amides is 1. The summed E-state index contributed by atoms with van der Waals surface area (Å²) in [6.45, 7) is 1.96. The predicted octanol–water partition coefficient (Wildman–Crippen LogP) is 4.06. The molecule has 0 atom stereocenters. The van der Waals surface area contributed by atoms with E-state index in [-0.39, 0.29) is 11.8 Å². The second kappa shape index (κ2) is 6.99. The minimum Gasteiger partial charge on any atom is -0.352 e. The van der Waals surface area contributed by atoms with Crippen LogP contribution in [0.25, 0.3) is 10.9 Å². The standard InChI is InChI=1S/C19H21FN2O2/c1-13(23)22-12-17(16-8-7-15(20)11-18(16)22)19(24)21-10-9-14-5-3-2-4-6-14/h5,7-8,11-12H,2-4,6,9-10H2,1H3,(H,21,24). The highest BCUT2D eigenvalue weighted by Crippen LogP contribution is 2.23. The summed E-state index contributed by atoms with van der Waals surface area (Å²) in [5, 5.41) is 3.49. The molecule has 0 bridgehead atoms. The van der Waals surface area contributed by atoms with Gasteiger partial charge in [-0.2, -0.15) is 0 Å². The normalized spacial score (nSPS) is 14.5. The van der Waals surface area contributed by atoms with E-state index in [1.165, 1.54) is 48.2 Å². The van der Waals surface area contributed by atoms with Crippen LogP contribution < -0.4 is 5.32 Å². The third kappa shape index (κ3) is 3.40. The summed E-state index contributed by atoms with van der Waals surface area (Å²) in [5.74, 6) is -0.917. The Bertz CT molecular complexity index is 820. The Morgan fingerprint density at radius 3 is 2.83 bits per heavy atom. The fraction of sp³-hybridized carbons (Fsp3) is 0.368.